The van der Waals surface area contributed by atoms with E-state index in [0.29, 0.717) is 6.54 Å². The van der Waals surface area contributed by atoms with Crippen molar-refractivity contribution in [2.75, 3.05) is 12.3 Å². The summed E-state index contributed by atoms with van der Waals surface area (Å²) in [4.78, 5) is 0. The number of furan rings is 1. The zero-order valence-electron chi connectivity index (χ0n) is 14.6. The lowest BCUT2D eigenvalue weighted by atomic mass is 10.1. The summed E-state index contributed by atoms with van der Waals surface area (Å²) in [5, 5.41) is 16.4. The van der Waals surface area contributed by atoms with E-state index in [1.54, 1.807) is 16.4 Å². The highest BCUT2D eigenvalue weighted by Crippen LogP contribution is 2.29. The van der Waals surface area contributed by atoms with Crippen LogP contribution < -0.4 is 17.7 Å². The van der Waals surface area contributed by atoms with E-state index >= 15 is 0 Å². The van der Waals surface area contributed by atoms with E-state index < -0.39 is 0 Å². The van der Waals surface area contributed by atoms with Gasteiger partial charge in [-0.05, 0) is 54.1 Å². The Kier molecular flexibility index (Phi) is 7.96. The quantitative estimate of drug-likeness (QED) is 0.434. The van der Waals surface area contributed by atoms with Gasteiger partial charge >= 0.3 is 0 Å². The fraction of sp³-hybridized carbons (Fsp3) is 0.353. The van der Waals surface area contributed by atoms with Gasteiger partial charge in [0, 0.05) is 23.4 Å². The molecule has 0 aliphatic heterocycles. The van der Waals surface area contributed by atoms with Gasteiger partial charge in [0.25, 0.3) is 0 Å². The lowest BCUT2D eigenvalue weighted by Gasteiger charge is -2.05. The number of aryl methyl sites for hydroxylation is 1. The number of thioether (sulfide) groups is 1. The summed E-state index contributed by atoms with van der Waals surface area (Å²) in [7, 11) is 1.84. The molecule has 9 heteroatoms. The second-order valence-corrected chi connectivity index (χ2v) is 7.11. The maximum Gasteiger partial charge on any atom is 0.209 e. The number of hydrogen-bond donors (Lipinski definition) is 1. The Bertz CT molecular complexity index is 836. The minimum atomic E-state index is 0. The lowest BCUT2D eigenvalue weighted by molar-refractivity contribution is -0.00000583. The topological polar surface area (TPSA) is 68.8 Å². The first kappa shape index (κ1) is 20.8. The van der Waals surface area contributed by atoms with Gasteiger partial charge in [0.05, 0.1) is 6.54 Å². The summed E-state index contributed by atoms with van der Waals surface area (Å²) in [6, 6.07) is 9.85. The van der Waals surface area contributed by atoms with Crippen molar-refractivity contribution in [3.8, 4) is 11.3 Å². The van der Waals surface area contributed by atoms with Crippen LogP contribution >= 0.6 is 23.4 Å². The molecule has 1 aromatic carbocycles. The number of benzene rings is 1. The van der Waals surface area contributed by atoms with Crippen LogP contribution in [0.4, 0.5) is 0 Å². The molecule has 2 heterocycles. The summed E-state index contributed by atoms with van der Waals surface area (Å²) in [6.45, 7) is 3.61. The van der Waals surface area contributed by atoms with Crippen molar-refractivity contribution in [1.29, 1.82) is 0 Å². The summed E-state index contributed by atoms with van der Waals surface area (Å²) in [5.41, 5.74) is 2.07. The van der Waals surface area contributed by atoms with Crippen molar-refractivity contribution in [3.63, 3.8) is 0 Å². The molecule has 0 atom stereocenters. The molecule has 0 spiro atoms. The van der Waals surface area contributed by atoms with Gasteiger partial charge in [-0.1, -0.05) is 35.5 Å². The van der Waals surface area contributed by atoms with E-state index in [0.717, 1.165) is 51.5 Å². The molecule has 0 unspecified atom stereocenters. The zero-order valence-corrected chi connectivity index (χ0v) is 16.9. The number of nitrogens with zero attached hydrogens (tertiary/aromatic N) is 4. The van der Waals surface area contributed by atoms with Crippen molar-refractivity contribution in [1.82, 2.24) is 25.5 Å². The number of hydrogen-bond acceptors (Lipinski definition) is 6. The van der Waals surface area contributed by atoms with Crippen LogP contribution in [-0.4, -0.2) is 32.5 Å². The fourth-order valence-corrected chi connectivity index (χ4v) is 3.37. The molecule has 0 amide bonds. The molecule has 2 aromatic heterocycles. The highest BCUT2D eigenvalue weighted by atomic mass is 35.5. The van der Waals surface area contributed by atoms with Crippen LogP contribution in [0.5, 0.6) is 0 Å². The third-order valence-electron chi connectivity index (χ3n) is 3.80. The van der Waals surface area contributed by atoms with Crippen molar-refractivity contribution >= 4 is 23.4 Å². The molecule has 26 heavy (non-hydrogen) atoms. The Morgan fingerprint density at radius 2 is 2.12 bits per heavy atom. The number of nitrogens with one attached hydrogen (secondary N) is 1. The van der Waals surface area contributed by atoms with Crippen LogP contribution in [0.2, 0.25) is 5.02 Å². The number of halogens is 2. The Hall–Kier alpha value is -1.54. The van der Waals surface area contributed by atoms with Gasteiger partial charge in [-0.15, -0.1) is 5.10 Å². The smallest absolute Gasteiger partial charge is 0.209 e. The van der Waals surface area contributed by atoms with Crippen molar-refractivity contribution < 1.29 is 16.8 Å². The minimum absolute atomic E-state index is 0. The highest BCUT2D eigenvalue weighted by molar-refractivity contribution is 7.99. The van der Waals surface area contributed by atoms with E-state index in [9.17, 15) is 0 Å². The third-order valence-corrected chi connectivity index (χ3v) is 5.31. The van der Waals surface area contributed by atoms with Crippen molar-refractivity contribution in [2.45, 2.75) is 25.0 Å². The van der Waals surface area contributed by atoms with Crippen LogP contribution in [0, 0.1) is 6.92 Å². The van der Waals surface area contributed by atoms with Crippen molar-refractivity contribution in [2.24, 2.45) is 7.05 Å². The Morgan fingerprint density at radius 3 is 2.88 bits per heavy atom. The predicted octanol–water partition coefficient (Wildman–Crippen LogP) is 0.708. The molecule has 0 aliphatic carbocycles. The zero-order chi connectivity index (χ0) is 17.6. The lowest BCUT2D eigenvalue weighted by Crippen LogP contribution is -3.00. The molecule has 3 aromatic rings. The summed E-state index contributed by atoms with van der Waals surface area (Å²) >= 11 is 7.83. The summed E-state index contributed by atoms with van der Waals surface area (Å²) in [6.07, 6.45) is 1.03. The second kappa shape index (κ2) is 9.97. The average Bonchev–Trinajstić information content (AvgIpc) is 3.23. The second-order valence-electron chi connectivity index (χ2n) is 5.64. The molecule has 1 N–H and O–H groups in total. The maximum absolute atomic E-state index is 6.18. The molecule has 3 rings (SSSR count). The van der Waals surface area contributed by atoms with E-state index in [2.05, 4.69) is 20.8 Å². The Morgan fingerprint density at radius 1 is 1.27 bits per heavy atom. The van der Waals surface area contributed by atoms with Crippen LogP contribution in [0.1, 0.15) is 17.7 Å². The minimum Gasteiger partial charge on any atom is -1.00 e. The van der Waals surface area contributed by atoms with Crippen LogP contribution in [-0.2, 0) is 13.6 Å². The molecule has 0 aliphatic rings. The molecular weight excluding hydrogens is 393 g/mol. The van der Waals surface area contributed by atoms with Gasteiger partial charge in [0.1, 0.15) is 11.5 Å². The van der Waals surface area contributed by atoms with E-state index in [4.69, 9.17) is 16.0 Å². The van der Waals surface area contributed by atoms with Gasteiger partial charge in [0.2, 0.25) is 5.16 Å². The summed E-state index contributed by atoms with van der Waals surface area (Å²) in [5.74, 6) is 2.73. The van der Waals surface area contributed by atoms with Gasteiger partial charge < -0.3 is 22.1 Å². The number of tetrazole rings is 1. The van der Waals surface area contributed by atoms with Gasteiger partial charge in [-0.3, -0.25) is 0 Å². The first-order chi connectivity index (χ1) is 12.1. The standard InChI is InChI=1S/C17H20ClN5OS.ClH/c1-12-14(5-3-6-15(12)18)16-8-7-13(24-16)11-19-9-4-10-25-17-20-21-22-23(17)2;/h3,5-8,19H,4,9-11H2,1-2H3;1H/p-1. The first-order valence-electron chi connectivity index (χ1n) is 8.05. The van der Waals surface area contributed by atoms with E-state index in [1.807, 2.05) is 44.3 Å². The molecule has 0 bridgehead atoms. The Balaban J connectivity index is 0.00000243. The van der Waals surface area contributed by atoms with Crippen LogP contribution in [0.15, 0.2) is 39.9 Å². The average molecular weight is 413 g/mol. The SMILES string of the molecule is Cc1c(Cl)cccc1-c1ccc(CNCCCSc2nnnn2C)o1.[Cl-]. The molecule has 0 saturated heterocycles. The molecule has 0 radical (unpaired) electrons. The first-order valence-corrected chi connectivity index (χ1v) is 9.41. The molecule has 140 valence electrons. The van der Waals surface area contributed by atoms with E-state index in [-0.39, 0.29) is 12.4 Å². The summed E-state index contributed by atoms with van der Waals surface area (Å²) < 4.78 is 7.61. The normalized spacial score (nSPS) is 10.7. The largest absolute Gasteiger partial charge is 1.00 e. The molecule has 0 fully saturated rings. The molecule has 6 nitrogen and oxygen atoms in total. The molecule has 0 saturated carbocycles. The monoisotopic (exact) mass is 412 g/mol. The highest BCUT2D eigenvalue weighted by Gasteiger charge is 2.09. The number of aromatic nitrogens is 4. The Labute approximate surface area is 168 Å². The predicted molar refractivity (Wildman–Crippen MR) is 99.7 cm³/mol. The van der Waals surface area contributed by atoms with Crippen molar-refractivity contribution in [3.05, 3.63) is 46.7 Å². The van der Waals surface area contributed by atoms with Crippen LogP contribution in [0.25, 0.3) is 11.3 Å². The van der Waals surface area contributed by atoms with Gasteiger partial charge in [-0.2, -0.15) is 0 Å². The molecular formula is C17H20Cl2N5OS-. The third kappa shape index (κ3) is 5.23. The van der Waals surface area contributed by atoms with E-state index in [1.165, 1.54) is 0 Å². The maximum atomic E-state index is 6.18. The van der Waals surface area contributed by atoms with Gasteiger partial charge in [0.15, 0.2) is 0 Å². The number of rotatable bonds is 8. The fourth-order valence-electron chi connectivity index (χ4n) is 2.41. The van der Waals surface area contributed by atoms with Crippen LogP contribution in [0.3, 0.4) is 0 Å². The van der Waals surface area contributed by atoms with Gasteiger partial charge in [-0.25, -0.2) is 4.68 Å².